The van der Waals surface area contributed by atoms with E-state index >= 15 is 0 Å². The Morgan fingerprint density at radius 2 is 1.75 bits per heavy atom. The first-order valence-electron chi connectivity index (χ1n) is 9.06. The molecule has 24 heavy (non-hydrogen) atoms. The predicted molar refractivity (Wildman–Crippen MR) is 93.2 cm³/mol. The van der Waals surface area contributed by atoms with Crippen molar-refractivity contribution in [2.75, 3.05) is 6.61 Å². The highest BCUT2D eigenvalue weighted by molar-refractivity contribution is 5.92. The summed E-state index contributed by atoms with van der Waals surface area (Å²) >= 11 is 0. The zero-order chi connectivity index (χ0) is 17.0. The van der Waals surface area contributed by atoms with Gasteiger partial charge >= 0.3 is 0 Å². The minimum Gasteiger partial charge on any atom is -0.476 e. The molecule has 4 nitrogen and oxygen atoms in total. The monoisotopic (exact) mass is 329 g/mol. The third-order valence-electron chi connectivity index (χ3n) is 5.65. The van der Waals surface area contributed by atoms with E-state index in [9.17, 15) is 5.11 Å². The van der Waals surface area contributed by atoms with Crippen LogP contribution in [0.25, 0.3) is 0 Å². The highest BCUT2D eigenvalue weighted by Gasteiger charge is 2.74. The molecule has 1 saturated heterocycles. The second-order valence-corrected chi connectivity index (χ2v) is 8.25. The molecule has 0 radical (unpaired) electrons. The van der Waals surface area contributed by atoms with E-state index in [-0.39, 0.29) is 11.6 Å². The molecule has 0 amide bonds. The van der Waals surface area contributed by atoms with Gasteiger partial charge in [-0.05, 0) is 39.2 Å². The smallest absolute Gasteiger partial charge is 0.223 e. The van der Waals surface area contributed by atoms with Crippen molar-refractivity contribution in [3.05, 3.63) is 35.4 Å². The summed E-state index contributed by atoms with van der Waals surface area (Å²) in [5, 5.41) is 11.5. The van der Waals surface area contributed by atoms with Crippen LogP contribution < -0.4 is 0 Å². The number of nitrogens with zero attached hydrogens (tertiary/aromatic N) is 1. The molecule has 0 aromatic heterocycles. The number of aliphatic hydroxyl groups is 1. The maximum absolute atomic E-state index is 11.5. The van der Waals surface area contributed by atoms with Crippen LogP contribution in [0, 0.1) is 6.92 Å². The molecule has 0 bridgehead atoms. The van der Waals surface area contributed by atoms with Crippen molar-refractivity contribution in [1.82, 2.24) is 0 Å². The average Bonchev–Trinajstić information content (AvgIpc) is 3.21. The summed E-state index contributed by atoms with van der Waals surface area (Å²) in [6.07, 6.45) is 4.55. The molecule has 2 aliphatic heterocycles. The molecule has 2 fully saturated rings. The van der Waals surface area contributed by atoms with Crippen molar-refractivity contribution in [2.24, 2.45) is 4.99 Å². The van der Waals surface area contributed by atoms with Crippen LogP contribution in [0.3, 0.4) is 0 Å². The molecule has 0 spiro atoms. The summed E-state index contributed by atoms with van der Waals surface area (Å²) in [6.45, 7) is 6.74. The maximum atomic E-state index is 11.5. The lowest BCUT2D eigenvalue weighted by Crippen LogP contribution is -2.52. The summed E-state index contributed by atoms with van der Waals surface area (Å²) in [7, 11) is 0. The number of hydrogen-bond donors (Lipinski definition) is 1. The number of benzene rings is 1. The highest BCUT2D eigenvalue weighted by atomic mass is 16.7. The molecule has 0 unspecified atom stereocenters. The van der Waals surface area contributed by atoms with Crippen molar-refractivity contribution in [3.63, 3.8) is 0 Å². The van der Waals surface area contributed by atoms with E-state index in [0.717, 1.165) is 31.2 Å². The Labute approximate surface area is 143 Å². The molecule has 4 heteroatoms. The number of hydrogen-bond acceptors (Lipinski definition) is 4. The van der Waals surface area contributed by atoms with Gasteiger partial charge in [0.15, 0.2) is 0 Å². The van der Waals surface area contributed by atoms with Gasteiger partial charge in [0.2, 0.25) is 11.5 Å². The third kappa shape index (κ3) is 2.39. The summed E-state index contributed by atoms with van der Waals surface area (Å²) in [5.41, 5.74) is 0.362. The van der Waals surface area contributed by atoms with E-state index in [1.165, 1.54) is 12.0 Å². The normalized spacial score (nSPS) is 33.7. The molecule has 4 rings (SSSR count). The molecular weight excluding hydrogens is 302 g/mol. The average molecular weight is 329 g/mol. The Hall–Kier alpha value is -1.39. The maximum Gasteiger partial charge on any atom is 0.223 e. The topological polar surface area (TPSA) is 54.4 Å². The van der Waals surface area contributed by atoms with E-state index < -0.39 is 11.2 Å². The Balaban J connectivity index is 1.74. The standard InChI is InChI=1S/C20H27NO3/c1-14-7-9-15(10-8-14)16-20(24-16,17-21-18(2,3)13-23-17)19(22)11-5-4-6-12-19/h7-10,16,22H,4-6,11-13H2,1-3H3/t16-,20-/m0/s1. The fraction of sp³-hybridized carbons (Fsp3) is 0.650. The van der Waals surface area contributed by atoms with Gasteiger partial charge in [-0.1, -0.05) is 49.1 Å². The minimum absolute atomic E-state index is 0.172. The largest absolute Gasteiger partial charge is 0.476 e. The number of epoxide rings is 1. The molecule has 1 aromatic rings. The van der Waals surface area contributed by atoms with Gasteiger partial charge in [-0.15, -0.1) is 0 Å². The van der Waals surface area contributed by atoms with Crippen LogP contribution in [0.1, 0.15) is 63.2 Å². The van der Waals surface area contributed by atoms with Gasteiger partial charge in [0.25, 0.3) is 0 Å². The molecule has 1 N–H and O–H groups in total. The van der Waals surface area contributed by atoms with Crippen LogP contribution in [0.2, 0.25) is 0 Å². The van der Waals surface area contributed by atoms with Crippen LogP contribution in [-0.2, 0) is 9.47 Å². The van der Waals surface area contributed by atoms with Crippen molar-refractivity contribution in [3.8, 4) is 0 Å². The number of ether oxygens (including phenoxy) is 2. The Morgan fingerprint density at radius 3 is 2.33 bits per heavy atom. The van der Waals surface area contributed by atoms with Crippen LogP contribution in [0.15, 0.2) is 29.3 Å². The van der Waals surface area contributed by atoms with Crippen molar-refractivity contribution in [2.45, 2.75) is 75.7 Å². The molecule has 130 valence electrons. The third-order valence-corrected chi connectivity index (χ3v) is 5.65. The molecule has 1 saturated carbocycles. The second-order valence-electron chi connectivity index (χ2n) is 8.25. The van der Waals surface area contributed by atoms with Crippen LogP contribution in [0.5, 0.6) is 0 Å². The van der Waals surface area contributed by atoms with Crippen LogP contribution in [-0.4, -0.2) is 34.4 Å². The van der Waals surface area contributed by atoms with Crippen molar-refractivity contribution in [1.29, 1.82) is 0 Å². The summed E-state index contributed by atoms with van der Waals surface area (Å²) in [4.78, 5) is 4.78. The highest BCUT2D eigenvalue weighted by Crippen LogP contribution is 2.61. The summed E-state index contributed by atoms with van der Waals surface area (Å²) in [5.74, 6) is 0.600. The lowest BCUT2D eigenvalue weighted by Gasteiger charge is -2.37. The quantitative estimate of drug-likeness (QED) is 0.860. The van der Waals surface area contributed by atoms with Gasteiger partial charge in [-0.3, -0.25) is 0 Å². The Morgan fingerprint density at radius 1 is 1.08 bits per heavy atom. The van der Waals surface area contributed by atoms with Gasteiger partial charge < -0.3 is 14.6 Å². The zero-order valence-electron chi connectivity index (χ0n) is 14.8. The number of rotatable bonds is 3. The Bertz CT molecular complexity index is 658. The zero-order valence-corrected chi connectivity index (χ0v) is 14.8. The SMILES string of the molecule is Cc1ccc([C@@H]2O[C@@]2(C2=NC(C)(C)CO2)C2(O)CCCCC2)cc1. The molecule has 2 heterocycles. The van der Waals surface area contributed by atoms with Gasteiger partial charge in [0.1, 0.15) is 18.3 Å². The van der Waals surface area contributed by atoms with Gasteiger partial charge in [-0.2, -0.15) is 0 Å². The van der Waals surface area contributed by atoms with Crippen LogP contribution >= 0.6 is 0 Å². The second kappa shape index (κ2) is 5.30. The number of aryl methyl sites for hydroxylation is 1. The lowest BCUT2D eigenvalue weighted by molar-refractivity contribution is -0.0466. The molecule has 1 aliphatic carbocycles. The molecular formula is C20H27NO3. The van der Waals surface area contributed by atoms with Crippen molar-refractivity contribution >= 4 is 5.90 Å². The molecule has 1 aromatic carbocycles. The first-order chi connectivity index (χ1) is 11.4. The van der Waals surface area contributed by atoms with Gasteiger partial charge in [-0.25, -0.2) is 4.99 Å². The van der Waals surface area contributed by atoms with Gasteiger partial charge in [0, 0.05) is 0 Å². The molecule has 3 aliphatic rings. The van der Waals surface area contributed by atoms with E-state index in [1.54, 1.807) is 0 Å². The molecule has 2 atom stereocenters. The van der Waals surface area contributed by atoms with Gasteiger partial charge in [0.05, 0.1) is 5.54 Å². The number of aliphatic imine (C=N–C) groups is 1. The summed E-state index contributed by atoms with van der Waals surface area (Å²) < 4.78 is 12.2. The predicted octanol–water partition coefficient (Wildman–Crippen LogP) is 3.71. The fourth-order valence-corrected chi connectivity index (χ4v) is 4.19. The first kappa shape index (κ1) is 16.1. The summed E-state index contributed by atoms with van der Waals surface area (Å²) in [6, 6.07) is 8.37. The fourth-order valence-electron chi connectivity index (χ4n) is 4.19. The van der Waals surface area contributed by atoms with Crippen molar-refractivity contribution < 1.29 is 14.6 Å². The van der Waals surface area contributed by atoms with E-state index in [0.29, 0.717) is 12.5 Å². The lowest BCUT2D eigenvalue weighted by atomic mass is 9.72. The Kier molecular flexibility index (Phi) is 3.56. The van der Waals surface area contributed by atoms with E-state index in [2.05, 4.69) is 45.0 Å². The minimum atomic E-state index is -0.889. The van der Waals surface area contributed by atoms with E-state index in [4.69, 9.17) is 14.5 Å². The van der Waals surface area contributed by atoms with E-state index in [1.807, 2.05) is 0 Å². The van der Waals surface area contributed by atoms with Crippen LogP contribution in [0.4, 0.5) is 0 Å². The first-order valence-corrected chi connectivity index (χ1v) is 9.06.